The fourth-order valence-electron chi connectivity index (χ4n) is 3.17. The van der Waals surface area contributed by atoms with Gasteiger partial charge in [-0.3, -0.25) is 14.5 Å². The summed E-state index contributed by atoms with van der Waals surface area (Å²) >= 11 is 0. The molecule has 2 aromatic heterocycles. The van der Waals surface area contributed by atoms with E-state index in [1.807, 2.05) is 6.07 Å². The standard InChI is InChI=1S/C18H20N4O4S/c1-10-8-13-6-5-7-19-16(13)14(9-10)27(25,26)21-17(18(23)24)15-11(2)20-22(4)12(15)3/h5-9,17,21H,1-4H3,(H,23,24). The maximum atomic E-state index is 13.1. The third-order valence-corrected chi connectivity index (χ3v) is 5.91. The summed E-state index contributed by atoms with van der Waals surface area (Å²) in [7, 11) is -2.48. The minimum absolute atomic E-state index is 0.0523. The van der Waals surface area contributed by atoms with Crippen LogP contribution >= 0.6 is 0 Å². The Morgan fingerprint density at radius 1 is 1.26 bits per heavy atom. The van der Waals surface area contributed by atoms with Gasteiger partial charge in [0, 0.05) is 29.9 Å². The molecule has 2 heterocycles. The van der Waals surface area contributed by atoms with Crippen molar-refractivity contribution in [1.29, 1.82) is 0 Å². The largest absolute Gasteiger partial charge is 0.480 e. The Bertz CT molecular complexity index is 1150. The van der Waals surface area contributed by atoms with Crippen LogP contribution in [0.4, 0.5) is 0 Å². The Hall–Kier alpha value is -2.78. The third-order valence-electron chi connectivity index (χ3n) is 4.48. The summed E-state index contributed by atoms with van der Waals surface area (Å²) in [5, 5.41) is 14.5. The van der Waals surface area contributed by atoms with E-state index in [0.717, 1.165) is 5.56 Å². The molecule has 0 aliphatic rings. The first-order valence-corrected chi connectivity index (χ1v) is 9.70. The van der Waals surface area contributed by atoms with Gasteiger partial charge in [-0.15, -0.1) is 0 Å². The number of aromatic nitrogens is 3. The summed E-state index contributed by atoms with van der Waals surface area (Å²) in [6.07, 6.45) is 1.50. The first-order chi connectivity index (χ1) is 12.6. The van der Waals surface area contributed by atoms with Crippen LogP contribution in [-0.4, -0.2) is 34.3 Å². The molecule has 0 aliphatic carbocycles. The molecule has 0 fully saturated rings. The van der Waals surface area contributed by atoms with Crippen molar-refractivity contribution >= 4 is 26.9 Å². The zero-order valence-corrected chi connectivity index (χ0v) is 16.2. The number of benzene rings is 1. The molecule has 1 atom stereocenters. The van der Waals surface area contributed by atoms with Gasteiger partial charge in [0.05, 0.1) is 11.2 Å². The number of hydrogen-bond donors (Lipinski definition) is 2. The maximum absolute atomic E-state index is 13.1. The molecule has 0 amide bonds. The number of aryl methyl sites for hydroxylation is 3. The lowest BCUT2D eigenvalue weighted by Crippen LogP contribution is -2.34. The number of sulfonamides is 1. The number of fused-ring (bicyclic) bond motifs is 1. The molecule has 0 saturated heterocycles. The Labute approximate surface area is 156 Å². The van der Waals surface area contributed by atoms with Crippen LogP contribution in [0.25, 0.3) is 10.9 Å². The van der Waals surface area contributed by atoms with Gasteiger partial charge in [0.15, 0.2) is 0 Å². The van der Waals surface area contributed by atoms with Crippen LogP contribution in [-0.2, 0) is 21.9 Å². The first-order valence-electron chi connectivity index (χ1n) is 8.22. The van der Waals surface area contributed by atoms with E-state index in [9.17, 15) is 18.3 Å². The number of nitrogens with one attached hydrogen (secondary N) is 1. The van der Waals surface area contributed by atoms with Gasteiger partial charge in [0.25, 0.3) is 0 Å². The molecule has 0 aliphatic heterocycles. The summed E-state index contributed by atoms with van der Waals surface area (Å²) in [5.74, 6) is -1.30. The van der Waals surface area contributed by atoms with Crippen LogP contribution in [0.2, 0.25) is 0 Å². The number of pyridine rings is 1. The van der Waals surface area contributed by atoms with Gasteiger partial charge in [-0.05, 0) is 44.5 Å². The van der Waals surface area contributed by atoms with Crippen LogP contribution in [0.1, 0.15) is 28.6 Å². The number of hydrogen-bond acceptors (Lipinski definition) is 5. The molecule has 0 radical (unpaired) electrons. The molecule has 1 unspecified atom stereocenters. The number of carbonyl (C=O) groups is 1. The van der Waals surface area contributed by atoms with Crippen molar-refractivity contribution in [2.45, 2.75) is 31.7 Å². The van der Waals surface area contributed by atoms with Gasteiger partial charge in [-0.1, -0.05) is 6.07 Å². The highest BCUT2D eigenvalue weighted by atomic mass is 32.2. The van der Waals surface area contributed by atoms with Crippen LogP contribution < -0.4 is 4.72 Å². The Balaban J connectivity index is 2.14. The molecular weight excluding hydrogens is 368 g/mol. The summed E-state index contributed by atoms with van der Waals surface area (Å²) in [5.41, 5.74) is 2.39. The van der Waals surface area contributed by atoms with Gasteiger partial charge < -0.3 is 5.11 Å². The monoisotopic (exact) mass is 388 g/mol. The summed E-state index contributed by atoms with van der Waals surface area (Å²) < 4.78 is 30.0. The van der Waals surface area contributed by atoms with E-state index in [0.29, 0.717) is 27.9 Å². The van der Waals surface area contributed by atoms with Crippen molar-refractivity contribution in [1.82, 2.24) is 19.5 Å². The lowest BCUT2D eigenvalue weighted by molar-refractivity contribution is -0.139. The second-order valence-corrected chi connectivity index (χ2v) is 8.12. The molecule has 142 valence electrons. The van der Waals surface area contributed by atoms with Crippen LogP contribution in [0.3, 0.4) is 0 Å². The number of aliphatic carboxylic acids is 1. The van der Waals surface area contributed by atoms with Crippen LogP contribution in [0, 0.1) is 20.8 Å². The van der Waals surface area contributed by atoms with Crippen molar-refractivity contribution in [3.8, 4) is 0 Å². The minimum atomic E-state index is -4.16. The topological polar surface area (TPSA) is 114 Å². The highest BCUT2D eigenvalue weighted by Crippen LogP contribution is 2.27. The predicted molar refractivity (Wildman–Crippen MR) is 99.9 cm³/mol. The van der Waals surface area contributed by atoms with E-state index in [1.54, 1.807) is 40.0 Å². The van der Waals surface area contributed by atoms with E-state index >= 15 is 0 Å². The van der Waals surface area contributed by atoms with Crippen molar-refractivity contribution in [3.05, 3.63) is 53.0 Å². The van der Waals surface area contributed by atoms with E-state index in [1.165, 1.54) is 16.9 Å². The van der Waals surface area contributed by atoms with Gasteiger partial charge >= 0.3 is 5.97 Å². The number of rotatable bonds is 5. The third kappa shape index (κ3) is 3.43. The molecule has 3 aromatic rings. The second kappa shape index (κ2) is 6.75. The average Bonchev–Trinajstić information content (AvgIpc) is 2.84. The zero-order chi connectivity index (χ0) is 19.9. The lowest BCUT2D eigenvalue weighted by Gasteiger charge is -2.17. The molecule has 0 saturated carbocycles. The van der Waals surface area contributed by atoms with Crippen molar-refractivity contribution < 1.29 is 18.3 Å². The van der Waals surface area contributed by atoms with Gasteiger partial charge in [0.2, 0.25) is 10.0 Å². The molecular formula is C18H20N4O4S. The lowest BCUT2D eigenvalue weighted by atomic mass is 10.1. The minimum Gasteiger partial charge on any atom is -0.480 e. The molecule has 0 spiro atoms. The van der Waals surface area contributed by atoms with Crippen molar-refractivity contribution in [2.24, 2.45) is 7.05 Å². The molecule has 2 N–H and O–H groups in total. The number of carboxylic acids is 1. The maximum Gasteiger partial charge on any atom is 0.326 e. The van der Waals surface area contributed by atoms with Crippen molar-refractivity contribution in [3.63, 3.8) is 0 Å². The Kier molecular flexibility index (Phi) is 4.75. The normalized spacial score (nSPS) is 13.0. The smallest absolute Gasteiger partial charge is 0.326 e. The molecule has 9 heteroatoms. The zero-order valence-electron chi connectivity index (χ0n) is 15.4. The van der Waals surface area contributed by atoms with Crippen molar-refractivity contribution in [2.75, 3.05) is 0 Å². The highest BCUT2D eigenvalue weighted by Gasteiger charge is 2.32. The molecule has 1 aromatic carbocycles. The highest BCUT2D eigenvalue weighted by molar-refractivity contribution is 7.89. The molecule has 8 nitrogen and oxygen atoms in total. The van der Waals surface area contributed by atoms with Crippen LogP contribution in [0.5, 0.6) is 0 Å². The summed E-state index contributed by atoms with van der Waals surface area (Å²) in [6, 6.07) is 5.33. The fraction of sp³-hybridized carbons (Fsp3) is 0.278. The average molecular weight is 388 g/mol. The molecule has 3 rings (SSSR count). The Morgan fingerprint density at radius 2 is 1.96 bits per heavy atom. The SMILES string of the molecule is Cc1cc(S(=O)(=O)NC(C(=O)O)c2c(C)nn(C)c2C)c2ncccc2c1. The number of nitrogens with zero attached hydrogens (tertiary/aromatic N) is 3. The fourth-order valence-corrected chi connectivity index (χ4v) is 4.59. The van der Waals surface area contributed by atoms with Gasteiger partial charge in [-0.2, -0.15) is 9.82 Å². The molecule has 0 bridgehead atoms. The van der Waals surface area contributed by atoms with E-state index in [4.69, 9.17) is 0 Å². The van der Waals surface area contributed by atoms with E-state index in [-0.39, 0.29) is 4.90 Å². The summed E-state index contributed by atoms with van der Waals surface area (Å²) in [6.45, 7) is 5.12. The van der Waals surface area contributed by atoms with E-state index in [2.05, 4.69) is 14.8 Å². The van der Waals surface area contributed by atoms with E-state index < -0.39 is 22.0 Å². The first kappa shape index (κ1) is 19.0. The predicted octanol–water partition coefficient (Wildman–Crippen LogP) is 2.00. The van der Waals surface area contributed by atoms with Crippen LogP contribution in [0.15, 0.2) is 35.4 Å². The number of carboxylic acid groups (broad SMARTS) is 1. The summed E-state index contributed by atoms with van der Waals surface area (Å²) in [4.78, 5) is 16.0. The van der Waals surface area contributed by atoms with Gasteiger partial charge in [0.1, 0.15) is 10.9 Å². The quantitative estimate of drug-likeness (QED) is 0.691. The second-order valence-electron chi connectivity index (χ2n) is 6.44. The Morgan fingerprint density at radius 3 is 2.56 bits per heavy atom. The van der Waals surface area contributed by atoms with Gasteiger partial charge in [-0.25, -0.2) is 8.42 Å². The molecule has 27 heavy (non-hydrogen) atoms.